The summed E-state index contributed by atoms with van der Waals surface area (Å²) in [5.74, 6) is 1.51. The Hall–Kier alpha value is -2.47. The molecular weight excluding hydrogens is 254 g/mol. The lowest BCUT2D eigenvalue weighted by Crippen LogP contribution is -2.10. The molecule has 0 saturated heterocycles. The average Bonchev–Trinajstić information content (AvgIpc) is 2.93. The molecule has 102 valence electrons. The van der Waals surface area contributed by atoms with E-state index in [1.807, 2.05) is 40.9 Å². The summed E-state index contributed by atoms with van der Waals surface area (Å²) >= 11 is 0. The van der Waals surface area contributed by atoms with Crippen molar-refractivity contribution in [3.05, 3.63) is 42.7 Å². The van der Waals surface area contributed by atoms with Gasteiger partial charge >= 0.3 is 0 Å². The number of anilines is 1. The van der Waals surface area contributed by atoms with E-state index < -0.39 is 0 Å². The van der Waals surface area contributed by atoms with Crippen LogP contribution >= 0.6 is 0 Å². The van der Waals surface area contributed by atoms with Gasteiger partial charge in [-0.25, -0.2) is 4.98 Å². The van der Waals surface area contributed by atoms with Crippen LogP contribution in [-0.2, 0) is 4.74 Å². The Morgan fingerprint density at radius 2 is 2.05 bits per heavy atom. The Labute approximate surface area is 116 Å². The first-order chi connectivity index (χ1) is 9.90. The van der Waals surface area contributed by atoms with Crippen LogP contribution in [0.5, 0.6) is 0 Å². The molecule has 0 radical (unpaired) electrons. The summed E-state index contributed by atoms with van der Waals surface area (Å²) < 4.78 is 6.95. The van der Waals surface area contributed by atoms with Crippen LogP contribution in [0.3, 0.4) is 0 Å². The number of nitrogens with zero attached hydrogens (tertiary/aromatic N) is 4. The van der Waals surface area contributed by atoms with Gasteiger partial charge in [-0.3, -0.25) is 4.40 Å². The zero-order valence-corrected chi connectivity index (χ0v) is 11.2. The maximum atomic E-state index is 5.02. The second-order valence-corrected chi connectivity index (χ2v) is 4.28. The van der Waals surface area contributed by atoms with E-state index in [4.69, 9.17) is 4.74 Å². The molecule has 0 fully saturated rings. The molecule has 2 heterocycles. The van der Waals surface area contributed by atoms with Gasteiger partial charge in [0.2, 0.25) is 5.65 Å². The predicted molar refractivity (Wildman–Crippen MR) is 76.6 cm³/mol. The van der Waals surface area contributed by atoms with Crippen LogP contribution in [0.4, 0.5) is 5.82 Å². The molecule has 0 aliphatic carbocycles. The molecule has 6 heteroatoms. The Morgan fingerprint density at radius 1 is 1.20 bits per heavy atom. The molecule has 1 aromatic carbocycles. The summed E-state index contributed by atoms with van der Waals surface area (Å²) in [7, 11) is 1.67. The molecular formula is C14H15N5O. The van der Waals surface area contributed by atoms with E-state index >= 15 is 0 Å². The van der Waals surface area contributed by atoms with Crippen molar-refractivity contribution in [1.82, 2.24) is 19.6 Å². The highest BCUT2D eigenvalue weighted by Gasteiger charge is 2.11. The van der Waals surface area contributed by atoms with Crippen molar-refractivity contribution in [2.24, 2.45) is 0 Å². The molecule has 0 aliphatic heterocycles. The van der Waals surface area contributed by atoms with Gasteiger partial charge in [0.1, 0.15) is 0 Å². The van der Waals surface area contributed by atoms with Crippen molar-refractivity contribution in [1.29, 1.82) is 0 Å². The number of ether oxygens (including phenoxy) is 1. The van der Waals surface area contributed by atoms with Crippen LogP contribution in [0.1, 0.15) is 0 Å². The molecule has 0 unspecified atom stereocenters. The second-order valence-electron chi connectivity index (χ2n) is 4.28. The van der Waals surface area contributed by atoms with Crippen molar-refractivity contribution in [3.8, 4) is 11.4 Å². The standard InChI is InChI=1S/C14H15N5O/c1-20-10-8-16-12-14-18-17-13(19(14)9-7-15-12)11-5-3-2-4-6-11/h2-7,9H,8,10H2,1H3,(H,15,16). The van der Waals surface area contributed by atoms with Gasteiger partial charge in [-0.1, -0.05) is 30.3 Å². The number of hydrogen-bond donors (Lipinski definition) is 1. The van der Waals surface area contributed by atoms with E-state index in [0.29, 0.717) is 24.6 Å². The Balaban J connectivity index is 1.99. The molecule has 6 nitrogen and oxygen atoms in total. The van der Waals surface area contributed by atoms with Crippen LogP contribution in [0, 0.1) is 0 Å². The fraction of sp³-hybridized carbons (Fsp3) is 0.214. The minimum atomic E-state index is 0.614. The van der Waals surface area contributed by atoms with Crippen molar-refractivity contribution in [2.45, 2.75) is 0 Å². The predicted octanol–water partition coefficient (Wildman–Crippen LogP) is 1.85. The zero-order valence-electron chi connectivity index (χ0n) is 11.2. The highest BCUT2D eigenvalue weighted by molar-refractivity contribution is 5.67. The summed E-state index contributed by atoms with van der Waals surface area (Å²) in [4.78, 5) is 4.30. The third-order valence-electron chi connectivity index (χ3n) is 2.96. The molecule has 3 rings (SSSR count). The van der Waals surface area contributed by atoms with E-state index in [-0.39, 0.29) is 0 Å². The average molecular weight is 269 g/mol. The largest absolute Gasteiger partial charge is 0.383 e. The normalized spacial score (nSPS) is 10.8. The lowest BCUT2D eigenvalue weighted by atomic mass is 10.2. The molecule has 0 spiro atoms. The number of fused-ring (bicyclic) bond motifs is 1. The molecule has 0 atom stereocenters. The molecule has 0 saturated carbocycles. The van der Waals surface area contributed by atoms with Gasteiger partial charge in [0.25, 0.3) is 0 Å². The smallest absolute Gasteiger partial charge is 0.203 e. The summed E-state index contributed by atoms with van der Waals surface area (Å²) in [6.45, 7) is 1.29. The van der Waals surface area contributed by atoms with E-state index in [2.05, 4.69) is 20.5 Å². The number of hydrogen-bond acceptors (Lipinski definition) is 5. The van der Waals surface area contributed by atoms with E-state index in [0.717, 1.165) is 11.4 Å². The van der Waals surface area contributed by atoms with Gasteiger partial charge in [0, 0.05) is 31.6 Å². The SMILES string of the molecule is COCCNc1nccn2c(-c3ccccc3)nnc12. The third kappa shape index (κ3) is 2.33. The minimum absolute atomic E-state index is 0.614. The molecule has 20 heavy (non-hydrogen) atoms. The Morgan fingerprint density at radius 3 is 2.85 bits per heavy atom. The molecule has 0 bridgehead atoms. The van der Waals surface area contributed by atoms with E-state index in [9.17, 15) is 0 Å². The molecule has 0 aliphatic rings. The van der Waals surface area contributed by atoms with Crippen molar-refractivity contribution in [2.75, 3.05) is 25.6 Å². The maximum Gasteiger partial charge on any atom is 0.203 e. The summed E-state index contributed by atoms with van der Waals surface area (Å²) in [6.07, 6.45) is 3.59. The first-order valence-corrected chi connectivity index (χ1v) is 6.38. The summed E-state index contributed by atoms with van der Waals surface area (Å²) in [6, 6.07) is 9.96. The number of nitrogens with one attached hydrogen (secondary N) is 1. The van der Waals surface area contributed by atoms with Crippen LogP contribution in [0.2, 0.25) is 0 Å². The van der Waals surface area contributed by atoms with E-state index in [1.165, 1.54) is 0 Å². The lowest BCUT2D eigenvalue weighted by molar-refractivity contribution is 0.210. The van der Waals surface area contributed by atoms with Gasteiger partial charge in [0.15, 0.2) is 11.6 Å². The van der Waals surface area contributed by atoms with E-state index in [1.54, 1.807) is 13.3 Å². The highest BCUT2D eigenvalue weighted by Crippen LogP contribution is 2.20. The maximum absolute atomic E-state index is 5.02. The molecule has 3 aromatic rings. The molecule has 1 N–H and O–H groups in total. The van der Waals surface area contributed by atoms with Crippen LogP contribution in [0.25, 0.3) is 17.0 Å². The second kappa shape index (κ2) is 5.66. The minimum Gasteiger partial charge on any atom is -0.383 e. The monoisotopic (exact) mass is 269 g/mol. The number of rotatable bonds is 5. The van der Waals surface area contributed by atoms with Gasteiger partial charge in [0.05, 0.1) is 6.61 Å². The zero-order chi connectivity index (χ0) is 13.8. The third-order valence-corrected chi connectivity index (χ3v) is 2.96. The lowest BCUT2D eigenvalue weighted by Gasteiger charge is -2.06. The van der Waals surface area contributed by atoms with Crippen molar-refractivity contribution < 1.29 is 4.74 Å². The highest BCUT2D eigenvalue weighted by atomic mass is 16.5. The first kappa shape index (κ1) is 12.6. The number of benzene rings is 1. The summed E-state index contributed by atoms with van der Waals surface area (Å²) in [5.41, 5.74) is 1.73. The first-order valence-electron chi connectivity index (χ1n) is 6.38. The van der Waals surface area contributed by atoms with Gasteiger partial charge in [-0.15, -0.1) is 10.2 Å². The van der Waals surface area contributed by atoms with Gasteiger partial charge in [-0.2, -0.15) is 0 Å². The Bertz CT molecular complexity index is 695. The van der Waals surface area contributed by atoms with Crippen LogP contribution in [-0.4, -0.2) is 39.8 Å². The van der Waals surface area contributed by atoms with Gasteiger partial charge < -0.3 is 10.1 Å². The van der Waals surface area contributed by atoms with Crippen LogP contribution in [0.15, 0.2) is 42.7 Å². The fourth-order valence-corrected chi connectivity index (χ4v) is 2.01. The number of methoxy groups -OCH3 is 1. The molecule has 0 amide bonds. The molecule has 2 aromatic heterocycles. The number of aromatic nitrogens is 4. The van der Waals surface area contributed by atoms with Crippen molar-refractivity contribution in [3.63, 3.8) is 0 Å². The summed E-state index contributed by atoms with van der Waals surface area (Å²) in [5, 5.41) is 11.7. The van der Waals surface area contributed by atoms with Crippen LogP contribution < -0.4 is 5.32 Å². The Kier molecular flexibility index (Phi) is 3.56. The van der Waals surface area contributed by atoms with Crippen molar-refractivity contribution >= 4 is 11.5 Å². The quantitative estimate of drug-likeness (QED) is 0.716. The fourth-order valence-electron chi connectivity index (χ4n) is 2.01. The van der Waals surface area contributed by atoms with Gasteiger partial charge in [-0.05, 0) is 0 Å². The topological polar surface area (TPSA) is 64.3 Å².